The van der Waals surface area contributed by atoms with Crippen LogP contribution in [-0.4, -0.2) is 67.8 Å². The minimum absolute atomic E-state index is 0. The molecule has 0 aliphatic rings. The molecule has 0 unspecified atom stereocenters. The maximum absolute atomic E-state index is 8.76. The summed E-state index contributed by atoms with van der Waals surface area (Å²) < 4.78 is 10.2. The van der Waals surface area contributed by atoms with Crippen molar-refractivity contribution in [3.63, 3.8) is 0 Å². The molecule has 0 radical (unpaired) electrons. The molecular formula is C26H50N2O4. The molecule has 0 heterocycles. The minimum atomic E-state index is 0. The third kappa shape index (κ3) is 20.1. The van der Waals surface area contributed by atoms with E-state index in [2.05, 4.69) is 53.4 Å². The van der Waals surface area contributed by atoms with Gasteiger partial charge in [0.1, 0.15) is 0 Å². The lowest BCUT2D eigenvalue weighted by molar-refractivity contribution is 0.0703. The Kier molecular flexibility index (Phi) is 31.9. The number of nitrogens with two attached hydrogens (primary N) is 1. The maximum Gasteiger partial charge on any atom is 0.0698 e. The quantitative estimate of drug-likeness (QED) is 0.393. The Bertz CT molecular complexity index is 525. The molecule has 0 aromatic heterocycles. The van der Waals surface area contributed by atoms with E-state index >= 15 is 0 Å². The zero-order valence-corrected chi connectivity index (χ0v) is 16.6. The molecule has 0 fully saturated rings. The van der Waals surface area contributed by atoms with E-state index in [0.29, 0.717) is 33.0 Å². The number of aliphatic hydroxyl groups is 2. The van der Waals surface area contributed by atoms with Crippen molar-refractivity contribution in [1.29, 1.82) is 0 Å². The summed E-state index contributed by atoms with van der Waals surface area (Å²) in [5, 5.41) is 16.9. The summed E-state index contributed by atoms with van der Waals surface area (Å²) in [6, 6.07) is 20.9. The van der Waals surface area contributed by atoms with Crippen LogP contribution in [0.2, 0.25) is 0 Å². The van der Waals surface area contributed by atoms with Gasteiger partial charge in [-0.3, -0.25) is 4.90 Å². The fourth-order valence-corrected chi connectivity index (χ4v) is 2.51. The van der Waals surface area contributed by atoms with E-state index in [-0.39, 0.29) is 42.9 Å². The molecule has 4 N–H and O–H groups in total. The Labute approximate surface area is 198 Å². The highest BCUT2D eigenvalue weighted by Crippen LogP contribution is 2.09. The van der Waals surface area contributed by atoms with Gasteiger partial charge in [-0.15, -0.1) is 0 Å². The van der Waals surface area contributed by atoms with Crippen LogP contribution in [0.25, 0.3) is 0 Å². The third-order valence-electron chi connectivity index (χ3n) is 3.78. The molecule has 0 saturated heterocycles. The number of hydrogen-bond acceptors (Lipinski definition) is 6. The normalized spacial score (nSPS) is 9.25. The van der Waals surface area contributed by atoms with Crippen LogP contribution in [0.3, 0.4) is 0 Å². The molecule has 6 nitrogen and oxygen atoms in total. The van der Waals surface area contributed by atoms with Crippen molar-refractivity contribution >= 4 is 0 Å². The second-order valence-electron chi connectivity index (χ2n) is 6.14. The van der Waals surface area contributed by atoms with Gasteiger partial charge in [-0.1, -0.05) is 90.4 Å². The van der Waals surface area contributed by atoms with E-state index in [1.165, 1.54) is 11.1 Å². The average Bonchev–Trinajstić information content (AvgIpc) is 2.73. The monoisotopic (exact) mass is 454 g/mol. The van der Waals surface area contributed by atoms with Gasteiger partial charge in [-0.05, 0) is 11.1 Å². The molecule has 6 heteroatoms. The summed E-state index contributed by atoms with van der Waals surface area (Å²) >= 11 is 0. The Balaban J connectivity index is -0.000000314. The van der Waals surface area contributed by atoms with Crippen LogP contribution < -0.4 is 5.73 Å². The fraction of sp³-hybridized carbons (Fsp3) is 0.538. The lowest BCUT2D eigenvalue weighted by Gasteiger charge is -2.22. The summed E-state index contributed by atoms with van der Waals surface area (Å²) in [5.74, 6) is 0. The Hall–Kier alpha value is -1.80. The summed E-state index contributed by atoms with van der Waals surface area (Å²) in [6.45, 7) is 5.33. The van der Waals surface area contributed by atoms with Crippen LogP contribution in [0.15, 0.2) is 60.7 Å². The van der Waals surface area contributed by atoms with Gasteiger partial charge in [0, 0.05) is 26.2 Å². The van der Waals surface area contributed by atoms with Gasteiger partial charge >= 0.3 is 0 Å². The number of hydrogen-bond donors (Lipinski definition) is 3. The van der Waals surface area contributed by atoms with E-state index < -0.39 is 0 Å². The van der Waals surface area contributed by atoms with Gasteiger partial charge < -0.3 is 25.4 Å². The second-order valence-corrected chi connectivity index (χ2v) is 6.14. The van der Waals surface area contributed by atoms with Crippen molar-refractivity contribution in [2.24, 2.45) is 5.73 Å². The first kappa shape index (κ1) is 37.5. The predicted molar refractivity (Wildman–Crippen MR) is 139 cm³/mol. The topological polar surface area (TPSA) is 88.2 Å². The molecule has 0 atom stereocenters. The number of benzene rings is 2. The summed E-state index contributed by atoms with van der Waals surface area (Å²) in [7, 11) is 0. The van der Waals surface area contributed by atoms with Crippen LogP contribution in [0.4, 0.5) is 0 Å². The lowest BCUT2D eigenvalue weighted by Crippen LogP contribution is -2.27. The molecule has 2 aromatic carbocycles. The van der Waals surface area contributed by atoms with Gasteiger partial charge in [-0.25, -0.2) is 0 Å². The van der Waals surface area contributed by atoms with Crippen LogP contribution in [0.1, 0.15) is 40.8 Å². The second kappa shape index (κ2) is 27.2. The first-order valence-electron chi connectivity index (χ1n) is 9.67. The van der Waals surface area contributed by atoms with E-state index in [9.17, 15) is 0 Å². The Morgan fingerprint density at radius 1 is 0.625 bits per heavy atom. The highest BCUT2D eigenvalue weighted by molar-refractivity contribution is 5.17. The molecule has 188 valence electrons. The molecule has 2 rings (SSSR count). The van der Waals surface area contributed by atoms with Crippen LogP contribution in [0.5, 0.6) is 0 Å². The van der Waals surface area contributed by atoms with Crippen molar-refractivity contribution in [2.45, 2.75) is 42.8 Å². The Morgan fingerprint density at radius 2 is 1.03 bits per heavy atom. The van der Waals surface area contributed by atoms with Gasteiger partial charge in [0.25, 0.3) is 0 Å². The Morgan fingerprint density at radius 3 is 1.41 bits per heavy atom. The molecule has 0 aliphatic carbocycles. The highest BCUT2D eigenvalue weighted by atomic mass is 16.5. The SMILES string of the molecule is C.C.C.C.NCCOCCO.OCCOCCN(Cc1ccccc1)Cc1ccccc1. The fourth-order valence-electron chi connectivity index (χ4n) is 2.51. The maximum atomic E-state index is 8.76. The van der Waals surface area contributed by atoms with Crippen molar-refractivity contribution < 1.29 is 19.7 Å². The number of nitrogens with zero attached hydrogens (tertiary/aromatic N) is 1. The van der Waals surface area contributed by atoms with E-state index in [0.717, 1.165) is 19.6 Å². The van der Waals surface area contributed by atoms with Crippen LogP contribution in [-0.2, 0) is 22.6 Å². The number of aliphatic hydroxyl groups excluding tert-OH is 2. The molecule has 0 saturated carbocycles. The first-order valence-corrected chi connectivity index (χ1v) is 9.67. The van der Waals surface area contributed by atoms with E-state index in [4.69, 9.17) is 25.4 Å². The molecule has 0 aliphatic heterocycles. The number of rotatable bonds is 13. The lowest BCUT2D eigenvalue weighted by atomic mass is 10.1. The average molecular weight is 455 g/mol. The predicted octanol–water partition coefficient (Wildman–Crippen LogP) is 4.20. The minimum Gasteiger partial charge on any atom is -0.394 e. The molecular weight excluding hydrogens is 404 g/mol. The number of ether oxygens (including phenoxy) is 2. The highest BCUT2D eigenvalue weighted by Gasteiger charge is 2.07. The van der Waals surface area contributed by atoms with Crippen molar-refractivity contribution in [2.75, 3.05) is 52.7 Å². The third-order valence-corrected chi connectivity index (χ3v) is 3.78. The van der Waals surface area contributed by atoms with Crippen LogP contribution in [0, 0.1) is 0 Å². The van der Waals surface area contributed by atoms with Crippen molar-refractivity contribution in [3.05, 3.63) is 71.8 Å². The van der Waals surface area contributed by atoms with Gasteiger partial charge in [0.2, 0.25) is 0 Å². The summed E-state index contributed by atoms with van der Waals surface area (Å²) in [5.41, 5.74) is 7.67. The van der Waals surface area contributed by atoms with Gasteiger partial charge in [0.05, 0.1) is 39.6 Å². The van der Waals surface area contributed by atoms with Crippen LogP contribution >= 0.6 is 0 Å². The summed E-state index contributed by atoms with van der Waals surface area (Å²) in [4.78, 5) is 2.36. The standard InChI is InChI=1S/C18H23NO2.C4H11NO2.4CH4/c20-12-14-21-13-11-19(15-17-7-3-1-4-8-17)16-18-9-5-2-6-10-18;5-1-3-7-4-2-6;;;;/h1-10,20H,11-16H2;6H,1-5H2;4*1H4. The first-order chi connectivity index (χ1) is 13.8. The van der Waals surface area contributed by atoms with Gasteiger partial charge in [0.15, 0.2) is 0 Å². The molecule has 2 aromatic rings. The van der Waals surface area contributed by atoms with Gasteiger partial charge in [-0.2, -0.15) is 0 Å². The molecule has 0 spiro atoms. The molecule has 32 heavy (non-hydrogen) atoms. The smallest absolute Gasteiger partial charge is 0.0698 e. The van der Waals surface area contributed by atoms with Crippen molar-refractivity contribution in [3.8, 4) is 0 Å². The zero-order valence-electron chi connectivity index (χ0n) is 16.6. The zero-order chi connectivity index (χ0) is 20.3. The van der Waals surface area contributed by atoms with E-state index in [1.807, 2.05) is 12.1 Å². The van der Waals surface area contributed by atoms with E-state index in [1.54, 1.807) is 0 Å². The molecule has 0 amide bonds. The van der Waals surface area contributed by atoms with Crippen molar-refractivity contribution in [1.82, 2.24) is 4.90 Å². The summed E-state index contributed by atoms with van der Waals surface area (Å²) in [6.07, 6.45) is 0. The molecule has 0 bridgehead atoms. The largest absolute Gasteiger partial charge is 0.394 e.